The van der Waals surface area contributed by atoms with Gasteiger partial charge in [-0.1, -0.05) is 24.3 Å². The topological polar surface area (TPSA) is 54.0 Å². The molecule has 0 aliphatic carbocycles. The molecule has 1 N–H and O–H groups in total. The van der Waals surface area contributed by atoms with Gasteiger partial charge in [0.05, 0.1) is 12.8 Å². The molecule has 6 nitrogen and oxygen atoms in total. The Labute approximate surface area is 167 Å². The van der Waals surface area contributed by atoms with Crippen molar-refractivity contribution >= 4 is 11.6 Å². The van der Waals surface area contributed by atoms with E-state index in [0.29, 0.717) is 6.54 Å². The zero-order valence-corrected chi connectivity index (χ0v) is 16.7. The van der Waals surface area contributed by atoms with E-state index in [1.807, 2.05) is 49.4 Å². The van der Waals surface area contributed by atoms with Crippen molar-refractivity contribution in [1.82, 2.24) is 10.2 Å². The molecule has 2 aromatic carbocycles. The molecule has 6 heteroatoms. The molecule has 0 radical (unpaired) electrons. The lowest BCUT2D eigenvalue weighted by Crippen LogP contribution is -2.48. The van der Waals surface area contributed by atoms with Crippen LogP contribution in [0.4, 0.5) is 5.69 Å². The fraction of sp³-hybridized carbons (Fsp3) is 0.409. The van der Waals surface area contributed by atoms with Gasteiger partial charge in [-0.2, -0.15) is 0 Å². The van der Waals surface area contributed by atoms with Crippen molar-refractivity contribution in [1.29, 1.82) is 0 Å². The fourth-order valence-electron chi connectivity index (χ4n) is 3.36. The summed E-state index contributed by atoms with van der Waals surface area (Å²) in [6.45, 7) is 7.35. The Hall–Kier alpha value is -2.73. The number of carbonyl (C=O) groups excluding carboxylic acids is 1. The summed E-state index contributed by atoms with van der Waals surface area (Å²) in [6, 6.07) is 15.8. The summed E-state index contributed by atoms with van der Waals surface area (Å²) < 4.78 is 11.0. The van der Waals surface area contributed by atoms with E-state index in [1.165, 1.54) is 0 Å². The first kappa shape index (κ1) is 20.0. The number of anilines is 1. The third-order valence-electron chi connectivity index (χ3n) is 4.91. The van der Waals surface area contributed by atoms with Gasteiger partial charge in [0.25, 0.3) is 5.91 Å². The number of hydrogen-bond acceptors (Lipinski definition) is 5. The van der Waals surface area contributed by atoms with Crippen molar-refractivity contribution in [2.45, 2.75) is 6.92 Å². The van der Waals surface area contributed by atoms with Crippen LogP contribution in [0.2, 0.25) is 0 Å². The van der Waals surface area contributed by atoms with Crippen molar-refractivity contribution < 1.29 is 14.3 Å². The van der Waals surface area contributed by atoms with Crippen LogP contribution in [0.5, 0.6) is 11.5 Å². The summed E-state index contributed by atoms with van der Waals surface area (Å²) in [5.41, 5.74) is 2.26. The Balaban J connectivity index is 1.34. The number of nitrogens with one attached hydrogen (secondary N) is 1. The molecule has 0 atom stereocenters. The van der Waals surface area contributed by atoms with E-state index in [-0.39, 0.29) is 12.5 Å². The standard InChI is InChI=1S/C22H29N3O3/c1-18-6-5-7-19(16-18)28-17-22(26)23-10-11-24-12-14-25(15-13-24)20-8-3-4-9-21(20)27-2/h3-9,16H,10-15,17H2,1-2H3,(H,23,26). The minimum atomic E-state index is -0.0887. The zero-order valence-electron chi connectivity index (χ0n) is 16.7. The molecule has 1 aliphatic heterocycles. The van der Waals surface area contributed by atoms with Crippen molar-refractivity contribution in [3.05, 3.63) is 54.1 Å². The quantitative estimate of drug-likeness (QED) is 0.758. The molecule has 0 spiro atoms. The van der Waals surface area contributed by atoms with Crippen LogP contribution in [-0.4, -0.2) is 63.8 Å². The Kier molecular flexibility index (Phi) is 7.14. The summed E-state index contributed by atoms with van der Waals surface area (Å²) in [5, 5.41) is 2.94. The average Bonchev–Trinajstić information content (AvgIpc) is 2.73. The van der Waals surface area contributed by atoms with Crippen molar-refractivity contribution in [3.8, 4) is 11.5 Å². The highest BCUT2D eigenvalue weighted by molar-refractivity contribution is 5.77. The molecule has 28 heavy (non-hydrogen) atoms. The molecular weight excluding hydrogens is 354 g/mol. The maximum atomic E-state index is 12.0. The monoisotopic (exact) mass is 383 g/mol. The van der Waals surface area contributed by atoms with Gasteiger partial charge in [0.2, 0.25) is 0 Å². The van der Waals surface area contributed by atoms with E-state index in [1.54, 1.807) is 7.11 Å². The number of ether oxygens (including phenoxy) is 2. The number of methoxy groups -OCH3 is 1. The Morgan fingerprint density at radius 2 is 1.86 bits per heavy atom. The summed E-state index contributed by atoms with van der Waals surface area (Å²) in [4.78, 5) is 16.7. The van der Waals surface area contributed by atoms with Crippen LogP contribution in [0.3, 0.4) is 0 Å². The van der Waals surface area contributed by atoms with E-state index in [2.05, 4.69) is 21.2 Å². The molecule has 0 unspecified atom stereocenters. The highest BCUT2D eigenvalue weighted by atomic mass is 16.5. The van der Waals surface area contributed by atoms with Crippen molar-refractivity contribution in [3.63, 3.8) is 0 Å². The molecule has 1 aliphatic rings. The minimum absolute atomic E-state index is 0.0467. The van der Waals surface area contributed by atoms with E-state index < -0.39 is 0 Å². The predicted molar refractivity (Wildman–Crippen MR) is 111 cm³/mol. The predicted octanol–water partition coefficient (Wildman–Crippen LogP) is 2.32. The lowest BCUT2D eigenvalue weighted by Gasteiger charge is -2.36. The van der Waals surface area contributed by atoms with Gasteiger partial charge in [-0.3, -0.25) is 9.69 Å². The summed E-state index contributed by atoms with van der Waals surface area (Å²) in [7, 11) is 1.71. The van der Waals surface area contributed by atoms with E-state index in [0.717, 1.165) is 55.5 Å². The number of para-hydroxylation sites is 2. The second-order valence-electron chi connectivity index (χ2n) is 6.96. The number of amides is 1. The van der Waals surface area contributed by atoms with Gasteiger partial charge >= 0.3 is 0 Å². The summed E-state index contributed by atoms with van der Waals surface area (Å²) in [6.07, 6.45) is 0. The van der Waals surface area contributed by atoms with E-state index >= 15 is 0 Å². The molecule has 0 bridgehead atoms. The van der Waals surface area contributed by atoms with Gasteiger partial charge in [0.1, 0.15) is 11.5 Å². The maximum absolute atomic E-state index is 12.0. The Morgan fingerprint density at radius 3 is 2.61 bits per heavy atom. The van der Waals surface area contributed by atoms with Gasteiger partial charge in [0, 0.05) is 39.3 Å². The van der Waals surface area contributed by atoms with Crippen LogP contribution in [0, 0.1) is 6.92 Å². The smallest absolute Gasteiger partial charge is 0.257 e. The molecule has 0 saturated carbocycles. The normalized spacial score (nSPS) is 14.6. The third kappa shape index (κ3) is 5.63. The lowest BCUT2D eigenvalue weighted by molar-refractivity contribution is -0.123. The number of nitrogens with zero attached hydrogens (tertiary/aromatic N) is 2. The molecule has 3 rings (SSSR count). The molecule has 150 valence electrons. The molecule has 1 saturated heterocycles. The van der Waals surface area contributed by atoms with E-state index in [9.17, 15) is 4.79 Å². The summed E-state index contributed by atoms with van der Waals surface area (Å²) in [5.74, 6) is 1.55. The fourth-order valence-corrected chi connectivity index (χ4v) is 3.36. The second-order valence-corrected chi connectivity index (χ2v) is 6.96. The lowest BCUT2D eigenvalue weighted by atomic mass is 10.2. The summed E-state index contributed by atoms with van der Waals surface area (Å²) >= 11 is 0. The first-order chi connectivity index (χ1) is 13.7. The van der Waals surface area contributed by atoms with E-state index in [4.69, 9.17) is 9.47 Å². The first-order valence-electron chi connectivity index (χ1n) is 9.72. The van der Waals surface area contributed by atoms with Crippen LogP contribution in [0.1, 0.15) is 5.56 Å². The first-order valence-corrected chi connectivity index (χ1v) is 9.72. The SMILES string of the molecule is COc1ccccc1N1CCN(CCNC(=O)COc2cccc(C)c2)CC1. The van der Waals surface area contributed by atoms with Gasteiger partial charge in [-0.05, 0) is 36.8 Å². The van der Waals surface area contributed by atoms with Gasteiger partial charge in [0.15, 0.2) is 6.61 Å². The van der Waals surface area contributed by atoms with Crippen molar-refractivity contribution in [2.75, 3.05) is 57.9 Å². The molecular formula is C22H29N3O3. The number of piperazine rings is 1. The maximum Gasteiger partial charge on any atom is 0.257 e. The number of carbonyl (C=O) groups is 1. The number of benzene rings is 2. The van der Waals surface area contributed by atoms with Crippen molar-refractivity contribution in [2.24, 2.45) is 0 Å². The third-order valence-corrected chi connectivity index (χ3v) is 4.91. The number of rotatable bonds is 8. The highest BCUT2D eigenvalue weighted by Gasteiger charge is 2.19. The van der Waals surface area contributed by atoms with Crippen LogP contribution >= 0.6 is 0 Å². The second kappa shape index (κ2) is 9.99. The minimum Gasteiger partial charge on any atom is -0.495 e. The molecule has 1 heterocycles. The average molecular weight is 383 g/mol. The molecule has 2 aromatic rings. The van der Waals surface area contributed by atoms with Gasteiger partial charge < -0.3 is 19.7 Å². The van der Waals surface area contributed by atoms with Crippen LogP contribution in [-0.2, 0) is 4.79 Å². The zero-order chi connectivity index (χ0) is 19.8. The Bertz CT molecular complexity index is 773. The molecule has 1 fully saturated rings. The largest absolute Gasteiger partial charge is 0.495 e. The highest BCUT2D eigenvalue weighted by Crippen LogP contribution is 2.28. The molecule has 0 aromatic heterocycles. The van der Waals surface area contributed by atoms with Crippen LogP contribution in [0.25, 0.3) is 0 Å². The molecule has 1 amide bonds. The van der Waals surface area contributed by atoms with Gasteiger partial charge in [-0.15, -0.1) is 0 Å². The Morgan fingerprint density at radius 1 is 1.07 bits per heavy atom. The van der Waals surface area contributed by atoms with Crippen LogP contribution < -0.4 is 19.7 Å². The van der Waals surface area contributed by atoms with Crippen LogP contribution in [0.15, 0.2) is 48.5 Å². The number of hydrogen-bond donors (Lipinski definition) is 1. The van der Waals surface area contributed by atoms with Gasteiger partial charge in [-0.25, -0.2) is 0 Å². The number of aryl methyl sites for hydroxylation is 1.